The van der Waals surface area contributed by atoms with E-state index in [9.17, 15) is 4.39 Å². The van der Waals surface area contributed by atoms with Gasteiger partial charge in [0.05, 0.1) is 16.4 Å². The van der Waals surface area contributed by atoms with E-state index in [2.05, 4.69) is 21.0 Å². The molecule has 0 spiro atoms. The van der Waals surface area contributed by atoms with Crippen molar-refractivity contribution in [2.75, 3.05) is 0 Å². The second-order valence-corrected chi connectivity index (χ2v) is 5.25. The molecule has 0 atom stereocenters. The van der Waals surface area contributed by atoms with E-state index in [1.54, 1.807) is 10.7 Å². The molecule has 20 heavy (non-hydrogen) atoms. The molecule has 0 saturated carbocycles. The number of para-hydroxylation sites is 1. The lowest BCUT2D eigenvalue weighted by Gasteiger charge is -2.12. The molecule has 0 aliphatic carbocycles. The third-order valence-electron chi connectivity index (χ3n) is 3.00. The van der Waals surface area contributed by atoms with Crippen LogP contribution < -0.4 is 4.74 Å². The van der Waals surface area contributed by atoms with Crippen LogP contribution in [0.1, 0.15) is 23.9 Å². The van der Waals surface area contributed by atoms with Crippen molar-refractivity contribution in [3.8, 4) is 5.75 Å². The maximum Gasteiger partial charge on any atom is 0.165 e. The van der Waals surface area contributed by atoms with Crippen molar-refractivity contribution in [2.24, 2.45) is 0 Å². The largest absolute Gasteiger partial charge is 0.484 e. The lowest BCUT2D eigenvalue weighted by molar-refractivity contribution is 0.276. The maximum absolute atomic E-state index is 13.8. The zero-order valence-electron chi connectivity index (χ0n) is 11.3. The van der Waals surface area contributed by atoms with Gasteiger partial charge in [0, 0.05) is 17.4 Å². The smallest absolute Gasteiger partial charge is 0.165 e. The first kappa shape index (κ1) is 15.3. The van der Waals surface area contributed by atoms with Gasteiger partial charge in [-0.15, -0.1) is 0 Å². The molecule has 3 nitrogen and oxygen atoms in total. The minimum Gasteiger partial charge on any atom is -0.484 e. The summed E-state index contributed by atoms with van der Waals surface area (Å²) in [6, 6.07) is 4.86. The molecule has 2 aromatic rings. The van der Waals surface area contributed by atoms with E-state index in [1.807, 2.05) is 19.9 Å². The molecule has 2 rings (SSSR count). The van der Waals surface area contributed by atoms with E-state index < -0.39 is 0 Å². The van der Waals surface area contributed by atoms with Crippen LogP contribution in [0.2, 0.25) is 5.02 Å². The maximum atomic E-state index is 13.8. The fourth-order valence-electron chi connectivity index (χ4n) is 1.97. The molecule has 0 bridgehead atoms. The fourth-order valence-corrected chi connectivity index (χ4v) is 2.60. The first-order valence-electron chi connectivity index (χ1n) is 6.26. The summed E-state index contributed by atoms with van der Waals surface area (Å²) < 4.78 is 21.2. The summed E-state index contributed by atoms with van der Waals surface area (Å²) in [6.07, 6.45) is 0. The molecular weight excluding hydrogens is 347 g/mol. The van der Waals surface area contributed by atoms with Crippen molar-refractivity contribution in [3.05, 3.63) is 46.0 Å². The number of aromatic nitrogens is 2. The molecule has 108 valence electrons. The lowest BCUT2D eigenvalue weighted by atomic mass is 10.2. The van der Waals surface area contributed by atoms with Crippen LogP contribution in [0.25, 0.3) is 0 Å². The molecule has 0 saturated heterocycles. The van der Waals surface area contributed by atoms with Crippen LogP contribution in [0, 0.1) is 12.7 Å². The summed E-state index contributed by atoms with van der Waals surface area (Å²) in [5, 5.41) is 5.41. The Morgan fingerprint density at radius 2 is 2.20 bits per heavy atom. The van der Waals surface area contributed by atoms with Crippen LogP contribution >= 0.6 is 27.5 Å². The van der Waals surface area contributed by atoms with Gasteiger partial charge in [-0.3, -0.25) is 4.68 Å². The number of rotatable bonds is 5. The highest BCUT2D eigenvalue weighted by atomic mass is 79.9. The third kappa shape index (κ3) is 2.99. The minimum absolute atomic E-state index is 0.189. The van der Waals surface area contributed by atoms with Gasteiger partial charge in [0.1, 0.15) is 6.61 Å². The van der Waals surface area contributed by atoms with Crippen LogP contribution in [0.4, 0.5) is 4.39 Å². The van der Waals surface area contributed by atoms with Gasteiger partial charge in [-0.05, 0) is 19.9 Å². The number of benzene rings is 1. The molecule has 0 radical (unpaired) electrons. The number of hydrogen-bond donors (Lipinski definition) is 0. The van der Waals surface area contributed by atoms with Gasteiger partial charge >= 0.3 is 0 Å². The Morgan fingerprint density at radius 1 is 1.45 bits per heavy atom. The lowest BCUT2D eigenvalue weighted by Crippen LogP contribution is -2.08. The standard InChI is InChI=1S/C14H15BrClFN2O/c1-3-19-12(13(16)9(2)18-19)8-20-14-10(7-15)5-4-6-11(14)17/h4-6H,3,7-8H2,1-2H3. The molecule has 0 unspecified atom stereocenters. The highest BCUT2D eigenvalue weighted by Crippen LogP contribution is 2.27. The van der Waals surface area contributed by atoms with Gasteiger partial charge in [-0.25, -0.2) is 4.39 Å². The van der Waals surface area contributed by atoms with Crippen molar-refractivity contribution >= 4 is 27.5 Å². The van der Waals surface area contributed by atoms with E-state index in [0.717, 1.165) is 17.0 Å². The molecule has 1 aromatic carbocycles. The minimum atomic E-state index is -0.377. The number of aryl methyl sites for hydroxylation is 2. The summed E-state index contributed by atoms with van der Waals surface area (Å²) in [7, 11) is 0. The predicted molar refractivity (Wildman–Crippen MR) is 81.0 cm³/mol. The molecular formula is C14H15BrClFN2O. The topological polar surface area (TPSA) is 27.1 Å². The number of ether oxygens (including phenoxy) is 1. The van der Waals surface area contributed by atoms with Crippen LogP contribution in [0.5, 0.6) is 5.75 Å². The van der Waals surface area contributed by atoms with Gasteiger partial charge in [0.2, 0.25) is 0 Å². The second-order valence-electron chi connectivity index (χ2n) is 4.31. The quantitative estimate of drug-likeness (QED) is 0.734. The highest BCUT2D eigenvalue weighted by Gasteiger charge is 2.15. The van der Waals surface area contributed by atoms with E-state index in [-0.39, 0.29) is 18.2 Å². The van der Waals surface area contributed by atoms with Crippen LogP contribution in [0.15, 0.2) is 18.2 Å². The van der Waals surface area contributed by atoms with E-state index in [4.69, 9.17) is 16.3 Å². The summed E-state index contributed by atoms with van der Waals surface area (Å²) in [6.45, 7) is 4.69. The summed E-state index contributed by atoms with van der Waals surface area (Å²) in [5.74, 6) is -0.126. The number of halogens is 3. The normalized spacial score (nSPS) is 10.8. The monoisotopic (exact) mass is 360 g/mol. The number of alkyl halides is 1. The van der Waals surface area contributed by atoms with Crippen molar-refractivity contribution < 1.29 is 9.13 Å². The summed E-state index contributed by atoms with van der Waals surface area (Å²) >= 11 is 9.53. The van der Waals surface area contributed by atoms with Gasteiger partial charge in [0.15, 0.2) is 11.6 Å². The van der Waals surface area contributed by atoms with Gasteiger partial charge in [-0.1, -0.05) is 39.7 Å². The molecule has 0 aliphatic rings. The third-order valence-corrected chi connectivity index (χ3v) is 4.09. The number of nitrogens with zero attached hydrogens (tertiary/aromatic N) is 2. The van der Waals surface area contributed by atoms with Crippen molar-refractivity contribution in [1.82, 2.24) is 9.78 Å². The number of hydrogen-bond acceptors (Lipinski definition) is 2. The van der Waals surface area contributed by atoms with Gasteiger partial charge < -0.3 is 4.74 Å². The molecule has 1 aromatic heterocycles. The van der Waals surface area contributed by atoms with Gasteiger partial charge in [-0.2, -0.15) is 5.10 Å². The van der Waals surface area contributed by atoms with Crippen molar-refractivity contribution in [2.45, 2.75) is 32.3 Å². The Kier molecular flexibility index (Phi) is 5.05. The summed E-state index contributed by atoms with van der Waals surface area (Å²) in [5.41, 5.74) is 2.28. The van der Waals surface area contributed by atoms with Crippen molar-refractivity contribution in [1.29, 1.82) is 0 Å². The Balaban J connectivity index is 2.25. The average molecular weight is 362 g/mol. The Hall–Kier alpha value is -1.07. The summed E-state index contributed by atoms with van der Waals surface area (Å²) in [4.78, 5) is 0. The van der Waals surface area contributed by atoms with Crippen LogP contribution in [-0.2, 0) is 18.5 Å². The van der Waals surface area contributed by atoms with E-state index in [1.165, 1.54) is 6.07 Å². The molecule has 0 N–H and O–H groups in total. The first-order valence-corrected chi connectivity index (χ1v) is 7.76. The second kappa shape index (κ2) is 6.59. The molecule has 0 fully saturated rings. The first-order chi connectivity index (χ1) is 9.58. The predicted octanol–water partition coefficient (Wildman–Crippen LogP) is 4.48. The Morgan fingerprint density at radius 3 is 2.85 bits per heavy atom. The van der Waals surface area contributed by atoms with Gasteiger partial charge in [0.25, 0.3) is 0 Å². The Bertz CT molecular complexity index is 615. The zero-order valence-corrected chi connectivity index (χ0v) is 13.6. The van der Waals surface area contributed by atoms with Crippen LogP contribution in [0.3, 0.4) is 0 Å². The Labute approximate surface area is 130 Å². The average Bonchev–Trinajstić information content (AvgIpc) is 2.72. The SMILES string of the molecule is CCn1nc(C)c(Cl)c1COc1c(F)cccc1CBr. The molecule has 6 heteroatoms. The molecule has 1 heterocycles. The van der Waals surface area contributed by atoms with E-state index in [0.29, 0.717) is 16.9 Å². The van der Waals surface area contributed by atoms with Crippen LogP contribution in [-0.4, -0.2) is 9.78 Å². The fraction of sp³-hybridized carbons (Fsp3) is 0.357. The molecule has 0 amide bonds. The zero-order chi connectivity index (χ0) is 14.7. The van der Waals surface area contributed by atoms with E-state index >= 15 is 0 Å². The molecule has 0 aliphatic heterocycles. The highest BCUT2D eigenvalue weighted by molar-refractivity contribution is 9.08. The van der Waals surface area contributed by atoms with Crippen molar-refractivity contribution in [3.63, 3.8) is 0 Å².